The number of likely N-dealkylation sites (tertiary alicyclic amines) is 2. The van der Waals surface area contributed by atoms with Gasteiger partial charge >= 0.3 is 6.09 Å². The van der Waals surface area contributed by atoms with Gasteiger partial charge in [0, 0.05) is 32.6 Å². The molecule has 3 fully saturated rings. The van der Waals surface area contributed by atoms with E-state index in [-0.39, 0.29) is 26.1 Å². The lowest BCUT2D eigenvalue weighted by atomic mass is 9.52. The Morgan fingerprint density at radius 1 is 1.08 bits per heavy atom. The zero-order valence-corrected chi connectivity index (χ0v) is 15.6. The Labute approximate surface area is 153 Å². The monoisotopic (exact) mass is 364 g/mol. The summed E-state index contributed by atoms with van der Waals surface area (Å²) >= 11 is 0. The molecule has 1 aromatic rings. The van der Waals surface area contributed by atoms with Crippen LogP contribution in [0.15, 0.2) is 30.3 Å². The van der Waals surface area contributed by atoms with Crippen molar-refractivity contribution in [2.24, 2.45) is 5.41 Å². The fraction of sp³-hybridized carbons (Fsp3) is 0.650. The van der Waals surface area contributed by atoms with Crippen molar-refractivity contribution in [3.63, 3.8) is 0 Å². The maximum atomic E-state index is 15.5. The van der Waals surface area contributed by atoms with Gasteiger partial charge in [0.15, 0.2) is 0 Å². The molecule has 6 heteroatoms. The zero-order chi connectivity index (χ0) is 18.8. The molecule has 0 radical (unpaired) electrons. The minimum atomic E-state index is -1.66. The number of halogens is 2. The lowest BCUT2D eigenvalue weighted by Gasteiger charge is -2.54. The zero-order valence-electron chi connectivity index (χ0n) is 15.6. The van der Waals surface area contributed by atoms with E-state index in [1.807, 2.05) is 35.2 Å². The van der Waals surface area contributed by atoms with Crippen molar-refractivity contribution in [2.45, 2.75) is 50.7 Å². The number of alkyl halides is 2. The van der Waals surface area contributed by atoms with Gasteiger partial charge in [0.1, 0.15) is 16.9 Å². The van der Waals surface area contributed by atoms with Crippen molar-refractivity contribution in [3.05, 3.63) is 35.9 Å². The highest BCUT2D eigenvalue weighted by Crippen LogP contribution is 2.68. The Morgan fingerprint density at radius 3 is 2.38 bits per heavy atom. The molecule has 2 saturated heterocycles. The molecule has 1 amide bonds. The van der Waals surface area contributed by atoms with Crippen LogP contribution in [0.25, 0.3) is 0 Å². The van der Waals surface area contributed by atoms with Crippen LogP contribution in [0.4, 0.5) is 13.6 Å². The van der Waals surface area contributed by atoms with Gasteiger partial charge in [-0.2, -0.15) is 0 Å². The normalized spacial score (nSPS) is 36.4. The van der Waals surface area contributed by atoms with Crippen molar-refractivity contribution in [3.8, 4) is 0 Å². The lowest BCUT2D eigenvalue weighted by molar-refractivity contribution is -0.174. The Hall–Kier alpha value is -1.69. The van der Waals surface area contributed by atoms with E-state index < -0.39 is 28.4 Å². The second-order valence-corrected chi connectivity index (χ2v) is 9.16. The van der Waals surface area contributed by atoms with Crippen LogP contribution in [0.2, 0.25) is 0 Å². The predicted molar refractivity (Wildman–Crippen MR) is 94.3 cm³/mol. The van der Waals surface area contributed by atoms with Gasteiger partial charge in [-0.3, -0.25) is 4.90 Å². The summed E-state index contributed by atoms with van der Waals surface area (Å²) in [4.78, 5) is 15.7. The van der Waals surface area contributed by atoms with Gasteiger partial charge in [0.25, 0.3) is 0 Å². The van der Waals surface area contributed by atoms with Crippen LogP contribution in [0.3, 0.4) is 0 Å². The number of nitrogens with zero attached hydrogens (tertiary/aromatic N) is 2. The first-order valence-corrected chi connectivity index (χ1v) is 9.18. The molecule has 0 unspecified atom stereocenters. The average Bonchev–Trinajstić information content (AvgIpc) is 2.89. The Balaban J connectivity index is 1.51. The first-order valence-electron chi connectivity index (χ1n) is 9.18. The van der Waals surface area contributed by atoms with Crippen LogP contribution in [-0.2, 0) is 11.3 Å². The minimum absolute atomic E-state index is 0.0766. The first kappa shape index (κ1) is 17.7. The number of hydrogen-bond acceptors (Lipinski definition) is 3. The molecule has 142 valence electrons. The van der Waals surface area contributed by atoms with Gasteiger partial charge in [-0.15, -0.1) is 0 Å². The van der Waals surface area contributed by atoms with E-state index in [0.717, 1.165) is 5.56 Å². The van der Waals surface area contributed by atoms with Crippen LogP contribution in [-0.4, -0.2) is 59.0 Å². The summed E-state index contributed by atoms with van der Waals surface area (Å²) in [5, 5.41) is 0. The molecule has 26 heavy (non-hydrogen) atoms. The van der Waals surface area contributed by atoms with Crippen LogP contribution < -0.4 is 0 Å². The topological polar surface area (TPSA) is 32.8 Å². The Morgan fingerprint density at radius 2 is 1.73 bits per heavy atom. The fourth-order valence-electron chi connectivity index (χ4n) is 4.99. The van der Waals surface area contributed by atoms with Crippen molar-refractivity contribution in [2.75, 3.05) is 26.2 Å². The van der Waals surface area contributed by atoms with E-state index in [0.29, 0.717) is 13.1 Å². The summed E-state index contributed by atoms with van der Waals surface area (Å²) in [6.45, 7) is 6.47. The molecule has 1 spiro atoms. The molecule has 2 aliphatic heterocycles. The van der Waals surface area contributed by atoms with Crippen LogP contribution in [0, 0.1) is 5.41 Å². The molecule has 1 saturated carbocycles. The van der Waals surface area contributed by atoms with Gasteiger partial charge < -0.3 is 9.64 Å². The van der Waals surface area contributed by atoms with E-state index in [4.69, 9.17) is 4.74 Å². The second-order valence-electron chi connectivity index (χ2n) is 9.16. The lowest BCUT2D eigenvalue weighted by Crippen LogP contribution is -2.69. The van der Waals surface area contributed by atoms with Crippen LogP contribution in [0.5, 0.6) is 0 Å². The predicted octanol–water partition coefficient (Wildman–Crippen LogP) is 3.56. The molecular formula is C20H26F2N2O2. The van der Waals surface area contributed by atoms with Gasteiger partial charge in [0.2, 0.25) is 0 Å². The molecule has 1 aromatic carbocycles. The van der Waals surface area contributed by atoms with Crippen LogP contribution >= 0.6 is 0 Å². The number of benzene rings is 1. The van der Waals surface area contributed by atoms with E-state index in [9.17, 15) is 4.79 Å². The van der Waals surface area contributed by atoms with E-state index in [1.54, 1.807) is 20.8 Å². The van der Waals surface area contributed by atoms with Crippen molar-refractivity contribution < 1.29 is 18.3 Å². The highest BCUT2D eigenvalue weighted by atomic mass is 19.2. The van der Waals surface area contributed by atoms with Crippen LogP contribution in [0.1, 0.15) is 32.8 Å². The summed E-state index contributed by atoms with van der Waals surface area (Å²) < 4.78 is 36.4. The standard InChI is InChI=1S/C20H26F2N2O2/c1-17(2,3)26-16(25)24-12-18-11-23(9-15-7-5-4-6-8-15)13-19(18,21)10-20(18,22)14-24/h4-8H,9-14H2,1-3H3/t18-,19+,20+/m0/s1. The molecule has 0 aromatic heterocycles. The van der Waals surface area contributed by atoms with Crippen molar-refractivity contribution >= 4 is 6.09 Å². The minimum Gasteiger partial charge on any atom is -0.444 e. The third-order valence-electron chi connectivity index (χ3n) is 6.05. The molecule has 1 aliphatic carbocycles. The molecule has 4 rings (SSSR count). The number of amides is 1. The highest BCUT2D eigenvalue weighted by Gasteiger charge is 2.82. The SMILES string of the molecule is CC(C)(C)OC(=O)N1C[C@]2(F)C[C@@]3(F)CN(Cc4ccccc4)C[C@]32C1. The Kier molecular flexibility index (Phi) is 3.69. The smallest absolute Gasteiger partial charge is 0.410 e. The first-order chi connectivity index (χ1) is 12.1. The number of ether oxygens (including phenoxy) is 1. The summed E-state index contributed by atoms with van der Waals surface area (Å²) in [6, 6.07) is 9.82. The van der Waals surface area contributed by atoms with Crippen molar-refractivity contribution in [1.29, 1.82) is 0 Å². The van der Waals surface area contributed by atoms with E-state index in [1.165, 1.54) is 4.90 Å². The summed E-state index contributed by atoms with van der Waals surface area (Å²) in [5.74, 6) is 0. The fourth-order valence-corrected chi connectivity index (χ4v) is 4.99. The molecule has 4 nitrogen and oxygen atoms in total. The quantitative estimate of drug-likeness (QED) is 0.804. The largest absolute Gasteiger partial charge is 0.444 e. The van der Waals surface area contributed by atoms with Gasteiger partial charge in [-0.1, -0.05) is 30.3 Å². The number of rotatable bonds is 2. The van der Waals surface area contributed by atoms with E-state index >= 15 is 8.78 Å². The molecule has 3 aliphatic rings. The second kappa shape index (κ2) is 5.41. The summed E-state index contributed by atoms with van der Waals surface area (Å²) in [5.41, 5.74) is -3.94. The molecule has 3 atom stereocenters. The molecule has 0 bridgehead atoms. The summed E-state index contributed by atoms with van der Waals surface area (Å²) in [6.07, 6.45) is -0.688. The third-order valence-corrected chi connectivity index (χ3v) is 6.05. The van der Waals surface area contributed by atoms with Gasteiger partial charge in [0.05, 0.1) is 12.0 Å². The number of carbonyl (C=O) groups is 1. The maximum Gasteiger partial charge on any atom is 0.410 e. The average molecular weight is 364 g/mol. The van der Waals surface area contributed by atoms with Crippen molar-refractivity contribution in [1.82, 2.24) is 9.80 Å². The summed E-state index contributed by atoms with van der Waals surface area (Å²) in [7, 11) is 0. The van der Waals surface area contributed by atoms with E-state index in [2.05, 4.69) is 0 Å². The molecular weight excluding hydrogens is 338 g/mol. The number of hydrogen-bond donors (Lipinski definition) is 0. The number of carbonyl (C=O) groups excluding carboxylic acids is 1. The van der Waals surface area contributed by atoms with Gasteiger partial charge in [-0.05, 0) is 26.3 Å². The third kappa shape index (κ3) is 2.53. The highest BCUT2D eigenvalue weighted by molar-refractivity contribution is 5.69. The van der Waals surface area contributed by atoms with Gasteiger partial charge in [-0.25, -0.2) is 13.6 Å². The maximum absolute atomic E-state index is 15.5. The molecule has 2 heterocycles. The molecule has 0 N–H and O–H groups in total. The Bertz CT molecular complexity index is 722.